The van der Waals surface area contributed by atoms with Gasteiger partial charge >= 0.3 is 0 Å². The highest BCUT2D eigenvalue weighted by Gasteiger charge is 2.17. The Morgan fingerprint density at radius 1 is 1.05 bits per heavy atom. The van der Waals surface area contributed by atoms with Crippen molar-refractivity contribution in [3.05, 3.63) is 34.7 Å². The second kappa shape index (κ2) is 5.54. The van der Waals surface area contributed by atoms with E-state index in [1.165, 1.54) is 16.7 Å². The third-order valence-corrected chi connectivity index (χ3v) is 4.97. The zero-order valence-corrected chi connectivity index (χ0v) is 13.2. The molecule has 0 saturated carbocycles. The predicted molar refractivity (Wildman–Crippen MR) is 86.7 cm³/mol. The van der Waals surface area contributed by atoms with Gasteiger partial charge in [-0.25, -0.2) is 4.98 Å². The third-order valence-electron chi connectivity index (χ3n) is 4.07. The Bertz CT molecular complexity index is 598. The molecule has 1 fully saturated rings. The maximum atomic E-state index is 4.83. The summed E-state index contributed by atoms with van der Waals surface area (Å²) in [4.78, 5) is 9.59. The molecule has 0 bridgehead atoms. The maximum absolute atomic E-state index is 4.83. The number of likely N-dealkylation sites (N-methyl/N-ethyl adjacent to an activating group) is 1. The third kappa shape index (κ3) is 2.72. The minimum absolute atomic E-state index is 1.08. The molecule has 0 aliphatic carbocycles. The molecule has 106 valence electrons. The van der Waals surface area contributed by atoms with E-state index in [0.717, 1.165) is 37.0 Å². The molecule has 1 saturated heterocycles. The summed E-state index contributed by atoms with van der Waals surface area (Å²) in [6.07, 6.45) is 0. The van der Waals surface area contributed by atoms with Gasteiger partial charge in [0.15, 0.2) is 5.13 Å². The van der Waals surface area contributed by atoms with E-state index in [2.05, 4.69) is 54.3 Å². The molecule has 0 radical (unpaired) electrons. The predicted octanol–water partition coefficient (Wildman–Crippen LogP) is 3.18. The molecule has 3 rings (SSSR count). The lowest BCUT2D eigenvalue weighted by Gasteiger charge is -2.32. The van der Waals surface area contributed by atoms with Gasteiger partial charge in [0.2, 0.25) is 0 Å². The van der Waals surface area contributed by atoms with Crippen molar-refractivity contribution >= 4 is 16.5 Å². The number of piperazine rings is 1. The van der Waals surface area contributed by atoms with Gasteiger partial charge in [0, 0.05) is 37.1 Å². The Labute approximate surface area is 124 Å². The Balaban J connectivity index is 1.81. The van der Waals surface area contributed by atoms with Crippen LogP contribution in [-0.4, -0.2) is 43.1 Å². The number of rotatable bonds is 2. The summed E-state index contributed by atoms with van der Waals surface area (Å²) in [5.74, 6) is 0. The number of thiazole rings is 1. The number of benzene rings is 1. The van der Waals surface area contributed by atoms with Crippen LogP contribution in [0.25, 0.3) is 11.3 Å². The molecule has 4 heteroatoms. The monoisotopic (exact) mass is 287 g/mol. The molecule has 0 unspecified atom stereocenters. The molecule has 0 atom stereocenters. The lowest BCUT2D eigenvalue weighted by atomic mass is 10.1. The molecule has 2 heterocycles. The molecule has 0 spiro atoms. The summed E-state index contributed by atoms with van der Waals surface area (Å²) < 4.78 is 0. The Hall–Kier alpha value is -1.39. The lowest BCUT2D eigenvalue weighted by molar-refractivity contribution is 0.313. The van der Waals surface area contributed by atoms with Gasteiger partial charge in [-0.1, -0.05) is 12.1 Å². The van der Waals surface area contributed by atoms with E-state index in [0.29, 0.717) is 0 Å². The van der Waals surface area contributed by atoms with E-state index in [1.807, 2.05) is 0 Å². The summed E-state index contributed by atoms with van der Waals surface area (Å²) >= 11 is 1.76. The first kappa shape index (κ1) is 13.6. The van der Waals surface area contributed by atoms with Crippen molar-refractivity contribution in [3.63, 3.8) is 0 Å². The molecule has 2 aromatic rings. The van der Waals surface area contributed by atoms with E-state index in [1.54, 1.807) is 11.3 Å². The van der Waals surface area contributed by atoms with E-state index >= 15 is 0 Å². The molecule has 1 aliphatic rings. The second-order valence-electron chi connectivity index (χ2n) is 5.60. The number of aromatic nitrogens is 1. The molecule has 20 heavy (non-hydrogen) atoms. The van der Waals surface area contributed by atoms with Gasteiger partial charge in [0.05, 0.1) is 5.69 Å². The van der Waals surface area contributed by atoms with Crippen molar-refractivity contribution in [1.29, 1.82) is 0 Å². The fourth-order valence-electron chi connectivity index (χ4n) is 2.44. The van der Waals surface area contributed by atoms with Crippen molar-refractivity contribution in [1.82, 2.24) is 9.88 Å². The van der Waals surface area contributed by atoms with Crippen molar-refractivity contribution in [2.24, 2.45) is 0 Å². The summed E-state index contributed by atoms with van der Waals surface area (Å²) in [7, 11) is 2.18. The Morgan fingerprint density at radius 3 is 2.50 bits per heavy atom. The van der Waals surface area contributed by atoms with Gasteiger partial charge in [-0.15, -0.1) is 11.3 Å². The molecule has 0 N–H and O–H groups in total. The van der Waals surface area contributed by atoms with E-state index in [4.69, 9.17) is 4.98 Å². The summed E-state index contributed by atoms with van der Waals surface area (Å²) in [6, 6.07) is 6.59. The van der Waals surface area contributed by atoms with Crippen LogP contribution in [0.2, 0.25) is 0 Å². The average Bonchev–Trinajstić information content (AvgIpc) is 2.92. The van der Waals surface area contributed by atoms with Gasteiger partial charge in [-0.2, -0.15) is 0 Å². The zero-order valence-electron chi connectivity index (χ0n) is 12.4. The van der Waals surface area contributed by atoms with E-state index < -0.39 is 0 Å². The van der Waals surface area contributed by atoms with Crippen molar-refractivity contribution in [2.45, 2.75) is 13.8 Å². The fraction of sp³-hybridized carbons (Fsp3) is 0.438. The number of nitrogens with zero attached hydrogens (tertiary/aromatic N) is 3. The lowest BCUT2D eigenvalue weighted by Crippen LogP contribution is -2.44. The highest BCUT2D eigenvalue weighted by molar-refractivity contribution is 7.14. The number of hydrogen-bond acceptors (Lipinski definition) is 4. The number of aryl methyl sites for hydroxylation is 2. The van der Waals surface area contributed by atoms with Crippen molar-refractivity contribution in [2.75, 3.05) is 38.1 Å². The first-order valence-corrected chi connectivity index (χ1v) is 7.98. The van der Waals surface area contributed by atoms with E-state index in [-0.39, 0.29) is 0 Å². The fourth-order valence-corrected chi connectivity index (χ4v) is 3.33. The smallest absolute Gasteiger partial charge is 0.185 e. The van der Waals surface area contributed by atoms with Crippen LogP contribution in [0.3, 0.4) is 0 Å². The molecular weight excluding hydrogens is 266 g/mol. The standard InChI is InChI=1S/C16H21N3S/c1-12-4-5-14(10-13(12)2)15-11-20-16(17-15)19-8-6-18(3)7-9-19/h4-5,10-11H,6-9H2,1-3H3. The van der Waals surface area contributed by atoms with Gasteiger partial charge < -0.3 is 9.80 Å². The SMILES string of the molecule is Cc1ccc(-c2csc(N3CCN(C)CC3)n2)cc1C. The van der Waals surface area contributed by atoms with Gasteiger partial charge in [-0.05, 0) is 38.1 Å². The number of anilines is 1. The van der Waals surface area contributed by atoms with E-state index in [9.17, 15) is 0 Å². The summed E-state index contributed by atoms with van der Waals surface area (Å²) in [5, 5.41) is 3.34. The molecule has 0 amide bonds. The Kier molecular flexibility index (Phi) is 3.76. The van der Waals surface area contributed by atoms with Crippen LogP contribution in [0.4, 0.5) is 5.13 Å². The number of hydrogen-bond donors (Lipinski definition) is 0. The van der Waals surface area contributed by atoms with Crippen LogP contribution in [-0.2, 0) is 0 Å². The van der Waals surface area contributed by atoms with Crippen LogP contribution < -0.4 is 4.90 Å². The van der Waals surface area contributed by atoms with Crippen LogP contribution in [0, 0.1) is 13.8 Å². The first-order chi connectivity index (χ1) is 9.63. The molecule has 3 nitrogen and oxygen atoms in total. The van der Waals surface area contributed by atoms with Gasteiger partial charge in [0.25, 0.3) is 0 Å². The highest BCUT2D eigenvalue weighted by Crippen LogP contribution is 2.29. The van der Waals surface area contributed by atoms with Crippen LogP contribution in [0.1, 0.15) is 11.1 Å². The largest absolute Gasteiger partial charge is 0.346 e. The maximum Gasteiger partial charge on any atom is 0.185 e. The molecule has 1 aromatic heterocycles. The minimum atomic E-state index is 1.08. The van der Waals surface area contributed by atoms with Crippen LogP contribution in [0.5, 0.6) is 0 Å². The van der Waals surface area contributed by atoms with Gasteiger partial charge in [0.1, 0.15) is 0 Å². The van der Waals surface area contributed by atoms with Crippen molar-refractivity contribution in [3.8, 4) is 11.3 Å². The average molecular weight is 287 g/mol. The molecule has 1 aromatic carbocycles. The topological polar surface area (TPSA) is 19.4 Å². The normalized spacial score (nSPS) is 16.6. The Morgan fingerprint density at radius 2 is 1.80 bits per heavy atom. The minimum Gasteiger partial charge on any atom is -0.346 e. The molecular formula is C16H21N3S. The second-order valence-corrected chi connectivity index (χ2v) is 6.44. The first-order valence-electron chi connectivity index (χ1n) is 7.10. The van der Waals surface area contributed by atoms with Crippen LogP contribution >= 0.6 is 11.3 Å². The highest BCUT2D eigenvalue weighted by atomic mass is 32.1. The summed E-state index contributed by atoms with van der Waals surface area (Å²) in [5.41, 5.74) is 5.00. The molecule has 1 aliphatic heterocycles. The zero-order chi connectivity index (χ0) is 14.1. The van der Waals surface area contributed by atoms with Crippen molar-refractivity contribution < 1.29 is 0 Å². The van der Waals surface area contributed by atoms with Gasteiger partial charge in [-0.3, -0.25) is 0 Å². The van der Waals surface area contributed by atoms with Crippen LogP contribution in [0.15, 0.2) is 23.6 Å². The quantitative estimate of drug-likeness (QED) is 0.845. The summed E-state index contributed by atoms with van der Waals surface area (Å²) in [6.45, 7) is 8.71.